The van der Waals surface area contributed by atoms with Crippen molar-refractivity contribution in [3.63, 3.8) is 0 Å². The van der Waals surface area contributed by atoms with Gasteiger partial charge in [0.05, 0.1) is 12.2 Å². The smallest absolute Gasteiger partial charge is 0.451 e. The van der Waals surface area contributed by atoms with Gasteiger partial charge in [-0.2, -0.15) is 13.2 Å². The van der Waals surface area contributed by atoms with Gasteiger partial charge in [-0.3, -0.25) is 4.79 Å². The van der Waals surface area contributed by atoms with Gasteiger partial charge in [0, 0.05) is 17.3 Å². The van der Waals surface area contributed by atoms with Crippen LogP contribution >= 0.6 is 0 Å². The quantitative estimate of drug-likeness (QED) is 0.679. The van der Waals surface area contributed by atoms with E-state index >= 15 is 0 Å². The van der Waals surface area contributed by atoms with Crippen molar-refractivity contribution in [3.8, 4) is 11.1 Å². The van der Waals surface area contributed by atoms with Crippen molar-refractivity contribution in [2.75, 3.05) is 6.61 Å². The highest BCUT2D eigenvalue weighted by Crippen LogP contribution is 2.37. The third-order valence-corrected chi connectivity index (χ3v) is 3.32. The number of alkyl halides is 3. The Morgan fingerprint density at radius 3 is 2.61 bits per heavy atom. The third kappa shape index (κ3) is 2.45. The second-order valence-electron chi connectivity index (χ2n) is 4.76. The number of carbonyl (C=O) groups excluding carboxylic acids is 2. The van der Waals surface area contributed by atoms with Gasteiger partial charge < -0.3 is 4.74 Å². The Morgan fingerprint density at radius 2 is 1.96 bits per heavy atom. The van der Waals surface area contributed by atoms with Gasteiger partial charge in [0.15, 0.2) is 0 Å². The molecule has 0 saturated carbocycles. The Balaban J connectivity index is 2.07. The first-order chi connectivity index (χ1) is 10.8. The molecule has 0 aliphatic heterocycles. The molecule has 0 atom stereocenters. The number of nitrogens with zero attached hydrogens (tertiary/aromatic N) is 2. The van der Waals surface area contributed by atoms with Crippen LogP contribution in [-0.2, 0) is 10.9 Å². The molecule has 1 aromatic heterocycles. The molecule has 2 aromatic rings. The summed E-state index contributed by atoms with van der Waals surface area (Å²) in [7, 11) is 0. The van der Waals surface area contributed by atoms with Crippen molar-refractivity contribution < 1.29 is 27.5 Å². The summed E-state index contributed by atoms with van der Waals surface area (Å²) in [5.41, 5.74) is 0.554. The number of benzene rings is 1. The van der Waals surface area contributed by atoms with Gasteiger partial charge in [0.25, 0.3) is 0 Å². The van der Waals surface area contributed by atoms with Gasteiger partial charge in [-0.1, -0.05) is 6.07 Å². The highest BCUT2D eigenvalue weighted by atomic mass is 19.4. The molecule has 1 heterocycles. The molecule has 0 unspecified atom stereocenters. The summed E-state index contributed by atoms with van der Waals surface area (Å²) in [4.78, 5) is 30.6. The predicted molar refractivity (Wildman–Crippen MR) is 71.9 cm³/mol. The predicted octanol–water partition coefficient (Wildman–Crippen LogP) is 2.88. The lowest BCUT2D eigenvalue weighted by molar-refractivity contribution is -0.145. The largest absolute Gasteiger partial charge is 0.462 e. The summed E-state index contributed by atoms with van der Waals surface area (Å²) in [6, 6.07) is 4.21. The van der Waals surface area contributed by atoms with Gasteiger partial charge in [0.1, 0.15) is 5.69 Å². The molecular formula is C15H9F3N2O3. The van der Waals surface area contributed by atoms with E-state index in [-0.39, 0.29) is 29.0 Å². The maximum Gasteiger partial charge on any atom is 0.451 e. The Labute approximate surface area is 128 Å². The zero-order chi connectivity index (χ0) is 16.8. The minimum absolute atomic E-state index is 0.110. The Morgan fingerprint density at radius 1 is 1.22 bits per heavy atom. The summed E-state index contributed by atoms with van der Waals surface area (Å²) >= 11 is 0. The highest BCUT2D eigenvalue weighted by Gasteiger charge is 2.38. The molecule has 0 amide bonds. The number of hydrogen-bond acceptors (Lipinski definition) is 5. The van der Waals surface area contributed by atoms with Crippen molar-refractivity contribution in [3.05, 3.63) is 47.0 Å². The standard InChI is InChI=1S/C15H9F3N2O3/c1-2-23-13(22)7-3-4-8-9(5-7)12(21)11-10(8)6-19-14(20-11)15(16,17)18/h3-6H,2H2,1H3. The van der Waals surface area contributed by atoms with E-state index in [2.05, 4.69) is 9.97 Å². The molecule has 0 N–H and O–H groups in total. The Hall–Kier alpha value is -2.77. The number of fused-ring (bicyclic) bond motifs is 3. The Kier molecular flexibility index (Phi) is 3.39. The first kappa shape index (κ1) is 15.1. The molecule has 118 valence electrons. The molecule has 1 aliphatic rings. The van der Waals surface area contributed by atoms with E-state index in [1.807, 2.05) is 0 Å². The van der Waals surface area contributed by atoms with Gasteiger partial charge in [0.2, 0.25) is 11.6 Å². The second kappa shape index (κ2) is 5.15. The summed E-state index contributed by atoms with van der Waals surface area (Å²) in [5.74, 6) is -2.65. The molecule has 23 heavy (non-hydrogen) atoms. The lowest BCUT2D eigenvalue weighted by Gasteiger charge is -2.05. The zero-order valence-corrected chi connectivity index (χ0v) is 11.8. The highest BCUT2D eigenvalue weighted by molar-refractivity contribution is 6.21. The molecule has 0 fully saturated rings. The van der Waals surface area contributed by atoms with Crippen LogP contribution in [0.5, 0.6) is 0 Å². The summed E-state index contributed by atoms with van der Waals surface area (Å²) in [6.45, 7) is 1.81. The number of hydrogen-bond donors (Lipinski definition) is 0. The normalized spacial score (nSPS) is 12.8. The van der Waals surface area contributed by atoms with Gasteiger partial charge in [-0.15, -0.1) is 0 Å². The molecule has 0 spiro atoms. The molecule has 0 saturated heterocycles. The minimum atomic E-state index is -4.74. The monoisotopic (exact) mass is 322 g/mol. The molecule has 0 radical (unpaired) electrons. The van der Waals surface area contributed by atoms with E-state index in [9.17, 15) is 22.8 Å². The maximum atomic E-state index is 12.7. The fourth-order valence-corrected chi connectivity index (χ4v) is 2.32. The number of aromatic nitrogens is 2. The number of halogens is 3. The molecule has 1 aromatic carbocycles. The van der Waals surface area contributed by atoms with Crippen LogP contribution in [0.1, 0.15) is 39.2 Å². The molecule has 5 nitrogen and oxygen atoms in total. The average Bonchev–Trinajstić information content (AvgIpc) is 2.79. The van der Waals surface area contributed by atoms with E-state index < -0.39 is 23.8 Å². The topological polar surface area (TPSA) is 69.2 Å². The van der Waals surface area contributed by atoms with E-state index in [4.69, 9.17) is 4.74 Å². The van der Waals surface area contributed by atoms with Crippen LogP contribution in [0.25, 0.3) is 11.1 Å². The van der Waals surface area contributed by atoms with Crippen molar-refractivity contribution in [1.82, 2.24) is 9.97 Å². The fraction of sp³-hybridized carbons (Fsp3) is 0.200. The van der Waals surface area contributed by atoms with Crippen LogP contribution in [0, 0.1) is 0 Å². The first-order valence-corrected chi connectivity index (χ1v) is 6.63. The summed E-state index contributed by atoms with van der Waals surface area (Å²) < 4.78 is 42.8. The van der Waals surface area contributed by atoms with E-state index in [0.29, 0.717) is 5.56 Å². The third-order valence-electron chi connectivity index (χ3n) is 3.32. The fourth-order valence-electron chi connectivity index (χ4n) is 2.32. The number of ether oxygens (including phenoxy) is 1. The molecule has 1 aliphatic carbocycles. The first-order valence-electron chi connectivity index (χ1n) is 6.63. The number of rotatable bonds is 2. The van der Waals surface area contributed by atoms with Crippen LogP contribution in [0.3, 0.4) is 0 Å². The van der Waals surface area contributed by atoms with Crippen molar-refractivity contribution >= 4 is 11.8 Å². The summed E-state index contributed by atoms with van der Waals surface area (Å²) in [6.07, 6.45) is -3.76. The second-order valence-corrected chi connectivity index (χ2v) is 4.76. The van der Waals surface area contributed by atoms with Crippen LogP contribution < -0.4 is 0 Å². The lowest BCUT2D eigenvalue weighted by Crippen LogP contribution is -2.13. The van der Waals surface area contributed by atoms with Gasteiger partial charge in [-0.05, 0) is 24.6 Å². The molecule has 8 heteroatoms. The van der Waals surface area contributed by atoms with Crippen LogP contribution in [-0.4, -0.2) is 28.3 Å². The number of carbonyl (C=O) groups is 2. The van der Waals surface area contributed by atoms with Crippen LogP contribution in [0.15, 0.2) is 24.4 Å². The van der Waals surface area contributed by atoms with Crippen LogP contribution in [0.2, 0.25) is 0 Å². The zero-order valence-electron chi connectivity index (χ0n) is 11.8. The SMILES string of the molecule is CCOC(=O)c1ccc2c(c1)C(=O)c1nc(C(F)(F)F)ncc1-2. The van der Waals surface area contributed by atoms with E-state index in [1.54, 1.807) is 6.92 Å². The molecule has 3 rings (SSSR count). The maximum absolute atomic E-state index is 12.7. The molecular weight excluding hydrogens is 313 g/mol. The summed E-state index contributed by atoms with van der Waals surface area (Å²) in [5, 5.41) is 0. The van der Waals surface area contributed by atoms with Gasteiger partial charge in [-0.25, -0.2) is 14.8 Å². The van der Waals surface area contributed by atoms with Crippen molar-refractivity contribution in [1.29, 1.82) is 0 Å². The Bertz CT molecular complexity index is 831. The van der Waals surface area contributed by atoms with E-state index in [1.165, 1.54) is 18.2 Å². The lowest BCUT2D eigenvalue weighted by atomic mass is 10.0. The van der Waals surface area contributed by atoms with Crippen molar-refractivity contribution in [2.45, 2.75) is 13.1 Å². The number of ketones is 1. The van der Waals surface area contributed by atoms with Crippen LogP contribution in [0.4, 0.5) is 13.2 Å². The molecule has 0 bridgehead atoms. The number of esters is 1. The average molecular weight is 322 g/mol. The van der Waals surface area contributed by atoms with E-state index in [0.717, 1.165) is 6.20 Å². The minimum Gasteiger partial charge on any atom is -0.462 e. The van der Waals surface area contributed by atoms with Crippen molar-refractivity contribution in [2.24, 2.45) is 0 Å². The van der Waals surface area contributed by atoms with Gasteiger partial charge >= 0.3 is 12.1 Å².